The minimum absolute atomic E-state index is 0.0648. The highest BCUT2D eigenvalue weighted by molar-refractivity contribution is 8.26. The van der Waals surface area contributed by atoms with Crippen molar-refractivity contribution in [2.24, 2.45) is 0 Å². The number of carbonyl (C=O) groups excluding carboxylic acids is 1. The number of hydrogen-bond donors (Lipinski definition) is 0. The number of carbonyl (C=O) groups is 1. The second-order valence-corrected chi connectivity index (χ2v) is 12.2. The molecule has 11 heteroatoms. The molecule has 0 unspecified atom stereocenters. The van der Waals surface area contributed by atoms with Crippen LogP contribution in [0.2, 0.25) is 5.02 Å². The third-order valence-electron chi connectivity index (χ3n) is 7.50. The van der Waals surface area contributed by atoms with Crippen molar-refractivity contribution in [3.05, 3.63) is 96.9 Å². The summed E-state index contributed by atoms with van der Waals surface area (Å²) in [4.78, 5) is 33.4. The zero-order chi connectivity index (χ0) is 30.0. The molecular weight excluding hydrogens is 593 g/mol. The Morgan fingerprint density at radius 1 is 1.07 bits per heavy atom. The lowest BCUT2D eigenvalue weighted by atomic mass is 10.0. The normalized spacial score (nSPS) is 16.5. The number of nitrogens with zero attached hydrogens (tertiary/aromatic N) is 5. The molecule has 0 N–H and O–H groups in total. The maximum atomic E-state index is 13.6. The molecule has 0 atom stereocenters. The summed E-state index contributed by atoms with van der Waals surface area (Å²) in [6.07, 6.45) is 2.46. The summed E-state index contributed by atoms with van der Waals surface area (Å²) < 4.78 is 15.6. The van der Waals surface area contributed by atoms with E-state index in [1.54, 1.807) is 35.8 Å². The number of hydrogen-bond acceptors (Lipinski definition) is 7. The number of halogens is 2. The van der Waals surface area contributed by atoms with Crippen molar-refractivity contribution in [2.75, 3.05) is 36.0 Å². The van der Waals surface area contributed by atoms with E-state index in [4.69, 9.17) is 23.8 Å². The molecule has 0 spiro atoms. The largest absolute Gasteiger partial charge is 0.368 e. The van der Waals surface area contributed by atoms with E-state index in [0.29, 0.717) is 70.3 Å². The van der Waals surface area contributed by atoms with Crippen LogP contribution in [0, 0.1) is 24.1 Å². The monoisotopic (exact) mass is 621 g/mol. The number of thiocarbonyl (C=S) groups is 1. The summed E-state index contributed by atoms with van der Waals surface area (Å²) in [7, 11) is 0. The van der Waals surface area contributed by atoms with Gasteiger partial charge in [0.15, 0.2) is 0 Å². The predicted molar refractivity (Wildman–Crippen MR) is 171 cm³/mol. The molecule has 1 amide bonds. The first kappa shape index (κ1) is 29.8. The lowest BCUT2D eigenvalue weighted by Crippen LogP contribution is -2.48. The van der Waals surface area contributed by atoms with Gasteiger partial charge in [0, 0.05) is 49.0 Å². The zero-order valence-electron chi connectivity index (χ0n) is 23.3. The maximum absolute atomic E-state index is 13.6. The molecular formula is C31H29ClFN5O2S2. The fraction of sp³-hybridized carbons (Fsp3) is 0.290. The standard InChI is InChI=1S/C31H29ClFN5O2S2/c1-3-12-37-28(36-15-13-35(14-16-36)23-10-8-22(33)9-11-23)24(20(2)25(18-34)29(37)39)17-27-30(40)38(31(41)42-27)19-21-6-4-5-7-26(21)32/h4-11,17H,3,12-16,19H2,1-2H3. The Morgan fingerprint density at radius 2 is 1.74 bits per heavy atom. The molecule has 1 aromatic heterocycles. The van der Waals surface area contributed by atoms with Crippen LogP contribution in [0.1, 0.15) is 35.6 Å². The number of benzene rings is 2. The summed E-state index contributed by atoms with van der Waals surface area (Å²) in [6.45, 7) is 6.92. The third-order valence-corrected chi connectivity index (χ3v) is 9.25. The average molecular weight is 622 g/mol. The minimum atomic E-state index is -0.337. The lowest BCUT2D eigenvalue weighted by molar-refractivity contribution is -0.122. The van der Waals surface area contributed by atoms with Crippen LogP contribution in [0.15, 0.2) is 58.2 Å². The van der Waals surface area contributed by atoms with Crippen LogP contribution in [0.25, 0.3) is 6.08 Å². The molecule has 0 radical (unpaired) electrons. The first-order chi connectivity index (χ1) is 20.2. The van der Waals surface area contributed by atoms with Crippen LogP contribution in [-0.2, 0) is 17.9 Å². The van der Waals surface area contributed by atoms with E-state index in [0.717, 1.165) is 11.3 Å². The average Bonchev–Trinajstić information content (AvgIpc) is 3.25. The zero-order valence-corrected chi connectivity index (χ0v) is 25.7. The highest BCUT2D eigenvalue weighted by Crippen LogP contribution is 2.37. The molecule has 2 aliphatic rings. The molecule has 5 rings (SSSR count). The van der Waals surface area contributed by atoms with Gasteiger partial charge in [0.2, 0.25) is 0 Å². The second kappa shape index (κ2) is 12.7. The van der Waals surface area contributed by atoms with Crippen molar-refractivity contribution in [1.82, 2.24) is 9.47 Å². The second-order valence-electron chi connectivity index (χ2n) is 10.1. The first-order valence-electron chi connectivity index (χ1n) is 13.6. The first-order valence-corrected chi connectivity index (χ1v) is 15.3. The Balaban J connectivity index is 1.53. The fourth-order valence-electron chi connectivity index (χ4n) is 5.31. The third kappa shape index (κ3) is 5.82. The van der Waals surface area contributed by atoms with Gasteiger partial charge in [-0.1, -0.05) is 60.7 Å². The molecule has 3 heterocycles. The lowest BCUT2D eigenvalue weighted by Gasteiger charge is -2.39. The van der Waals surface area contributed by atoms with E-state index in [1.807, 2.05) is 25.1 Å². The molecule has 0 bridgehead atoms. The number of aromatic nitrogens is 1. The summed E-state index contributed by atoms with van der Waals surface area (Å²) in [6, 6.07) is 15.8. The number of amides is 1. The fourth-order valence-corrected chi connectivity index (χ4v) is 6.74. The Labute approximate surface area is 258 Å². The van der Waals surface area contributed by atoms with Crippen LogP contribution in [0.3, 0.4) is 0 Å². The highest BCUT2D eigenvalue weighted by atomic mass is 35.5. The van der Waals surface area contributed by atoms with E-state index in [2.05, 4.69) is 15.9 Å². The van der Waals surface area contributed by atoms with E-state index in [-0.39, 0.29) is 29.4 Å². The number of rotatable bonds is 7. The topological polar surface area (TPSA) is 72.6 Å². The van der Waals surface area contributed by atoms with Gasteiger partial charge in [-0.3, -0.25) is 19.1 Å². The van der Waals surface area contributed by atoms with Crippen molar-refractivity contribution < 1.29 is 9.18 Å². The predicted octanol–water partition coefficient (Wildman–Crippen LogP) is 5.96. The molecule has 42 heavy (non-hydrogen) atoms. The summed E-state index contributed by atoms with van der Waals surface area (Å²) >= 11 is 13.1. The summed E-state index contributed by atoms with van der Waals surface area (Å²) in [5.74, 6) is 0.160. The molecule has 2 fully saturated rings. The van der Waals surface area contributed by atoms with Gasteiger partial charge in [0.05, 0.1) is 11.4 Å². The molecule has 7 nitrogen and oxygen atoms in total. The van der Waals surface area contributed by atoms with Crippen LogP contribution in [0.4, 0.5) is 15.9 Å². The number of piperazine rings is 1. The Morgan fingerprint density at radius 3 is 2.38 bits per heavy atom. The molecule has 2 aliphatic heterocycles. The van der Waals surface area contributed by atoms with Crippen LogP contribution >= 0.6 is 35.6 Å². The van der Waals surface area contributed by atoms with Crippen molar-refractivity contribution in [3.8, 4) is 6.07 Å². The maximum Gasteiger partial charge on any atom is 0.270 e. The van der Waals surface area contributed by atoms with Gasteiger partial charge in [0.1, 0.15) is 27.6 Å². The van der Waals surface area contributed by atoms with Crippen molar-refractivity contribution in [2.45, 2.75) is 33.4 Å². The van der Waals surface area contributed by atoms with Gasteiger partial charge in [0.25, 0.3) is 11.5 Å². The van der Waals surface area contributed by atoms with Crippen molar-refractivity contribution >= 4 is 63.4 Å². The molecule has 3 aromatic rings. The molecule has 0 saturated carbocycles. The Hall–Kier alpha value is -3.65. The molecule has 2 saturated heterocycles. The van der Waals surface area contributed by atoms with E-state index >= 15 is 0 Å². The van der Waals surface area contributed by atoms with Gasteiger partial charge in [-0.25, -0.2) is 4.39 Å². The van der Waals surface area contributed by atoms with E-state index < -0.39 is 0 Å². The number of nitriles is 1. The van der Waals surface area contributed by atoms with Gasteiger partial charge < -0.3 is 9.80 Å². The Bertz CT molecular complexity index is 1670. The Kier molecular flexibility index (Phi) is 9.02. The van der Waals surface area contributed by atoms with Crippen LogP contribution in [0.5, 0.6) is 0 Å². The van der Waals surface area contributed by atoms with Gasteiger partial charge in [-0.15, -0.1) is 0 Å². The van der Waals surface area contributed by atoms with E-state index in [1.165, 1.54) is 28.8 Å². The van der Waals surface area contributed by atoms with Crippen LogP contribution < -0.4 is 15.4 Å². The van der Waals surface area contributed by atoms with Gasteiger partial charge in [-0.05, 0) is 60.9 Å². The van der Waals surface area contributed by atoms with Gasteiger partial charge in [-0.2, -0.15) is 5.26 Å². The molecule has 2 aromatic carbocycles. The highest BCUT2D eigenvalue weighted by Gasteiger charge is 2.34. The summed E-state index contributed by atoms with van der Waals surface area (Å²) in [5.41, 5.74) is 2.64. The van der Waals surface area contributed by atoms with Gasteiger partial charge >= 0.3 is 0 Å². The number of pyridine rings is 1. The minimum Gasteiger partial charge on any atom is -0.368 e. The van der Waals surface area contributed by atoms with Crippen LogP contribution in [-0.4, -0.2) is 45.9 Å². The van der Waals surface area contributed by atoms with Crippen molar-refractivity contribution in [1.29, 1.82) is 5.26 Å². The number of thioether (sulfide) groups is 1. The summed E-state index contributed by atoms with van der Waals surface area (Å²) in [5, 5.41) is 10.5. The van der Waals surface area contributed by atoms with E-state index in [9.17, 15) is 19.2 Å². The molecule has 0 aliphatic carbocycles. The molecule has 216 valence electrons. The quantitative estimate of drug-likeness (QED) is 0.238. The smallest absolute Gasteiger partial charge is 0.270 e. The SMILES string of the molecule is CCCn1c(N2CCN(c3ccc(F)cc3)CC2)c(C=C2SC(=S)N(Cc3ccccc3Cl)C2=O)c(C)c(C#N)c1=O. The number of anilines is 2. The van der Waals surface area contributed by atoms with Crippen molar-refractivity contribution in [3.63, 3.8) is 0 Å².